The van der Waals surface area contributed by atoms with Crippen LogP contribution in [0.2, 0.25) is 0 Å². The van der Waals surface area contributed by atoms with Gasteiger partial charge in [-0.25, -0.2) is 0 Å². The lowest BCUT2D eigenvalue weighted by Crippen LogP contribution is -2.30. The molecule has 0 aromatic rings. The molecular weight excluding hydrogens is 162 g/mol. The highest BCUT2D eigenvalue weighted by molar-refractivity contribution is 4.61. The van der Waals surface area contributed by atoms with Gasteiger partial charge >= 0.3 is 0 Å². The Hall–Kier alpha value is -0.0800. The fourth-order valence-electron chi connectivity index (χ4n) is 1.05. The highest BCUT2D eigenvalue weighted by Crippen LogP contribution is 2.17. The second kappa shape index (κ2) is 6.39. The predicted octanol–water partition coefficient (Wildman–Crippen LogP) is 2.44. The van der Waals surface area contributed by atoms with Crippen LogP contribution in [0.1, 0.15) is 41.0 Å². The van der Waals surface area contributed by atoms with Crippen molar-refractivity contribution >= 4 is 0 Å². The molecule has 0 saturated heterocycles. The molecule has 0 aliphatic carbocycles. The van der Waals surface area contributed by atoms with Crippen molar-refractivity contribution in [3.8, 4) is 0 Å². The van der Waals surface area contributed by atoms with Gasteiger partial charge in [-0.15, -0.1) is 0 Å². The third-order valence-electron chi connectivity index (χ3n) is 1.92. The summed E-state index contributed by atoms with van der Waals surface area (Å²) < 4.78 is 5.56. The minimum Gasteiger partial charge on any atom is -0.380 e. The lowest BCUT2D eigenvalue weighted by molar-refractivity contribution is 0.0936. The molecule has 1 N–H and O–H groups in total. The Labute approximate surface area is 83.1 Å². The van der Waals surface area contributed by atoms with Crippen LogP contribution in [0.15, 0.2) is 0 Å². The second-order valence-electron chi connectivity index (χ2n) is 4.84. The second-order valence-corrected chi connectivity index (χ2v) is 4.84. The topological polar surface area (TPSA) is 21.3 Å². The maximum absolute atomic E-state index is 5.56. The van der Waals surface area contributed by atoms with Crippen molar-refractivity contribution in [2.45, 2.75) is 47.1 Å². The molecular formula is C11H25NO. The summed E-state index contributed by atoms with van der Waals surface area (Å²) in [6.07, 6.45) is 1.13. The normalized spacial score (nSPS) is 14.5. The minimum atomic E-state index is 0.390. The van der Waals surface area contributed by atoms with E-state index in [9.17, 15) is 0 Å². The summed E-state index contributed by atoms with van der Waals surface area (Å²) >= 11 is 0. The molecule has 0 bridgehead atoms. The van der Waals surface area contributed by atoms with Gasteiger partial charge in [0.15, 0.2) is 0 Å². The molecule has 0 spiro atoms. The van der Waals surface area contributed by atoms with Gasteiger partial charge in [-0.1, -0.05) is 27.7 Å². The van der Waals surface area contributed by atoms with Gasteiger partial charge in [-0.3, -0.25) is 0 Å². The Kier molecular flexibility index (Phi) is 6.35. The molecule has 0 aromatic carbocycles. The van der Waals surface area contributed by atoms with E-state index in [1.54, 1.807) is 0 Å². The summed E-state index contributed by atoms with van der Waals surface area (Å²) in [5, 5.41) is 3.32. The molecule has 0 radical (unpaired) electrons. The Morgan fingerprint density at radius 3 is 2.38 bits per heavy atom. The third-order valence-corrected chi connectivity index (χ3v) is 1.92. The number of hydrogen-bond donors (Lipinski definition) is 1. The van der Waals surface area contributed by atoms with Gasteiger partial charge in [0.2, 0.25) is 0 Å². The van der Waals surface area contributed by atoms with Gasteiger partial charge in [0.25, 0.3) is 0 Å². The largest absolute Gasteiger partial charge is 0.380 e. The van der Waals surface area contributed by atoms with Crippen molar-refractivity contribution in [1.82, 2.24) is 5.32 Å². The van der Waals surface area contributed by atoms with E-state index in [0.29, 0.717) is 11.5 Å². The standard InChI is InChI=1S/C11H25NO/c1-6-12-10(2)9-13-8-7-11(3,4)5/h10,12H,6-9H2,1-5H3. The van der Waals surface area contributed by atoms with E-state index in [-0.39, 0.29) is 0 Å². The minimum absolute atomic E-state index is 0.390. The summed E-state index contributed by atoms with van der Waals surface area (Å²) in [5.74, 6) is 0. The van der Waals surface area contributed by atoms with Crippen molar-refractivity contribution in [3.05, 3.63) is 0 Å². The van der Waals surface area contributed by atoms with E-state index in [1.165, 1.54) is 0 Å². The molecule has 80 valence electrons. The number of nitrogens with one attached hydrogen (secondary N) is 1. The van der Waals surface area contributed by atoms with E-state index in [0.717, 1.165) is 26.2 Å². The van der Waals surface area contributed by atoms with Gasteiger partial charge in [0.05, 0.1) is 6.61 Å². The van der Waals surface area contributed by atoms with Crippen LogP contribution in [-0.4, -0.2) is 25.8 Å². The van der Waals surface area contributed by atoms with E-state index in [4.69, 9.17) is 4.74 Å². The van der Waals surface area contributed by atoms with Crippen LogP contribution in [0, 0.1) is 5.41 Å². The summed E-state index contributed by atoms with van der Waals surface area (Å²) in [7, 11) is 0. The molecule has 2 nitrogen and oxygen atoms in total. The maximum atomic E-state index is 5.56. The Morgan fingerprint density at radius 2 is 1.92 bits per heavy atom. The van der Waals surface area contributed by atoms with Crippen LogP contribution in [0.5, 0.6) is 0 Å². The molecule has 0 aromatic heterocycles. The average molecular weight is 187 g/mol. The molecule has 13 heavy (non-hydrogen) atoms. The molecule has 0 fully saturated rings. The van der Waals surface area contributed by atoms with Crippen LogP contribution < -0.4 is 5.32 Å². The zero-order valence-corrected chi connectivity index (χ0v) is 9.81. The summed E-state index contributed by atoms with van der Waals surface area (Å²) in [4.78, 5) is 0. The van der Waals surface area contributed by atoms with Crippen LogP contribution in [0.3, 0.4) is 0 Å². The first kappa shape index (κ1) is 12.9. The summed E-state index contributed by atoms with van der Waals surface area (Å²) in [6, 6.07) is 0.477. The van der Waals surface area contributed by atoms with Gasteiger partial charge in [0, 0.05) is 12.6 Å². The predicted molar refractivity (Wildman–Crippen MR) is 58.0 cm³/mol. The van der Waals surface area contributed by atoms with Gasteiger partial charge in [-0.05, 0) is 25.3 Å². The van der Waals surface area contributed by atoms with Crippen LogP contribution in [0.25, 0.3) is 0 Å². The number of ether oxygens (including phenoxy) is 1. The fraction of sp³-hybridized carbons (Fsp3) is 1.00. The number of rotatable bonds is 6. The van der Waals surface area contributed by atoms with Crippen LogP contribution in [-0.2, 0) is 4.74 Å². The van der Waals surface area contributed by atoms with E-state index >= 15 is 0 Å². The van der Waals surface area contributed by atoms with E-state index in [2.05, 4.69) is 39.9 Å². The molecule has 0 saturated carbocycles. The highest BCUT2D eigenvalue weighted by Gasteiger charge is 2.09. The van der Waals surface area contributed by atoms with Crippen molar-refractivity contribution in [2.24, 2.45) is 5.41 Å². The molecule has 0 aliphatic heterocycles. The zero-order chi connectivity index (χ0) is 10.3. The summed E-state index contributed by atoms with van der Waals surface area (Å²) in [6.45, 7) is 13.7. The molecule has 0 amide bonds. The fourth-order valence-corrected chi connectivity index (χ4v) is 1.05. The molecule has 1 unspecified atom stereocenters. The lowest BCUT2D eigenvalue weighted by atomic mass is 9.93. The SMILES string of the molecule is CCNC(C)COCCC(C)(C)C. The van der Waals surface area contributed by atoms with E-state index in [1.807, 2.05) is 0 Å². The first-order valence-corrected chi connectivity index (χ1v) is 5.27. The van der Waals surface area contributed by atoms with Gasteiger partial charge in [0.1, 0.15) is 0 Å². The van der Waals surface area contributed by atoms with E-state index < -0.39 is 0 Å². The maximum Gasteiger partial charge on any atom is 0.0616 e. The Morgan fingerprint density at radius 1 is 1.31 bits per heavy atom. The Bertz CT molecular complexity index is 118. The lowest BCUT2D eigenvalue weighted by Gasteiger charge is -2.19. The Balaban J connectivity index is 3.25. The van der Waals surface area contributed by atoms with Crippen molar-refractivity contribution in [1.29, 1.82) is 0 Å². The van der Waals surface area contributed by atoms with Crippen molar-refractivity contribution in [2.75, 3.05) is 19.8 Å². The van der Waals surface area contributed by atoms with Crippen LogP contribution >= 0.6 is 0 Å². The van der Waals surface area contributed by atoms with Crippen molar-refractivity contribution in [3.63, 3.8) is 0 Å². The first-order chi connectivity index (χ1) is 5.95. The monoisotopic (exact) mass is 187 g/mol. The first-order valence-electron chi connectivity index (χ1n) is 5.27. The van der Waals surface area contributed by atoms with Gasteiger partial charge in [-0.2, -0.15) is 0 Å². The molecule has 1 atom stereocenters. The summed E-state index contributed by atoms with van der Waals surface area (Å²) in [5.41, 5.74) is 0.390. The van der Waals surface area contributed by atoms with Gasteiger partial charge < -0.3 is 10.1 Å². The molecule has 2 heteroatoms. The highest BCUT2D eigenvalue weighted by atomic mass is 16.5. The van der Waals surface area contributed by atoms with Crippen molar-refractivity contribution < 1.29 is 4.74 Å². The van der Waals surface area contributed by atoms with Crippen LogP contribution in [0.4, 0.5) is 0 Å². The smallest absolute Gasteiger partial charge is 0.0616 e. The molecule has 0 aliphatic rings. The molecule has 0 heterocycles. The quantitative estimate of drug-likeness (QED) is 0.645. The zero-order valence-electron chi connectivity index (χ0n) is 9.81. The average Bonchev–Trinajstić information content (AvgIpc) is 1.97. The number of hydrogen-bond acceptors (Lipinski definition) is 2. The number of likely N-dealkylation sites (N-methyl/N-ethyl adjacent to an activating group) is 1. The third kappa shape index (κ3) is 9.84. The molecule has 0 rings (SSSR count).